The molecule has 0 unspecified atom stereocenters. The predicted octanol–water partition coefficient (Wildman–Crippen LogP) is 2.78. The summed E-state index contributed by atoms with van der Waals surface area (Å²) in [5, 5.41) is 11.4. The van der Waals surface area contributed by atoms with Crippen LogP contribution >= 0.6 is 0 Å². The average Bonchev–Trinajstić information content (AvgIpc) is 2.94. The summed E-state index contributed by atoms with van der Waals surface area (Å²) in [6.45, 7) is 7.33. The van der Waals surface area contributed by atoms with Crippen LogP contribution in [0, 0.1) is 13.8 Å². The van der Waals surface area contributed by atoms with Gasteiger partial charge in [0.05, 0.1) is 18.5 Å². The van der Waals surface area contributed by atoms with E-state index in [1.54, 1.807) is 11.1 Å². The van der Waals surface area contributed by atoms with Crippen molar-refractivity contribution in [3.8, 4) is 11.3 Å². The zero-order valence-electron chi connectivity index (χ0n) is 14.8. The number of aromatic nitrogens is 3. The van der Waals surface area contributed by atoms with E-state index in [1.165, 1.54) is 0 Å². The summed E-state index contributed by atoms with van der Waals surface area (Å²) in [6, 6.07) is 2.15. The van der Waals surface area contributed by atoms with Crippen LogP contribution in [0.3, 0.4) is 0 Å². The first-order chi connectivity index (χ1) is 12.1. The number of rotatable bonds is 4. The Bertz CT molecular complexity index is 738. The van der Waals surface area contributed by atoms with Crippen molar-refractivity contribution in [1.82, 2.24) is 20.1 Å². The number of likely N-dealkylation sites (tertiary alicyclic amines) is 1. The number of amides is 1. The van der Waals surface area contributed by atoms with Crippen LogP contribution < -0.4 is 5.32 Å². The van der Waals surface area contributed by atoms with Gasteiger partial charge >= 0.3 is 6.09 Å². The Morgan fingerprint density at radius 2 is 2.16 bits per heavy atom. The number of nitrogens with one attached hydrogen (secondary N) is 1. The molecule has 8 nitrogen and oxygen atoms in total. The van der Waals surface area contributed by atoms with Gasteiger partial charge in [-0.05, 0) is 39.7 Å². The molecular formula is C17H23N5O3. The lowest BCUT2D eigenvalue weighted by Crippen LogP contribution is -2.42. The minimum atomic E-state index is -0.244. The van der Waals surface area contributed by atoms with E-state index in [4.69, 9.17) is 9.15 Å². The average molecular weight is 345 g/mol. The summed E-state index contributed by atoms with van der Waals surface area (Å²) in [5.74, 6) is 2.14. The fraction of sp³-hybridized carbons (Fsp3) is 0.529. The third-order valence-corrected chi connectivity index (χ3v) is 4.23. The predicted molar refractivity (Wildman–Crippen MR) is 92.2 cm³/mol. The summed E-state index contributed by atoms with van der Waals surface area (Å²) >= 11 is 0. The molecule has 0 aromatic carbocycles. The molecule has 1 aliphatic heterocycles. The lowest BCUT2D eigenvalue weighted by atomic mass is 10.1. The number of piperidine rings is 1. The molecule has 25 heavy (non-hydrogen) atoms. The van der Waals surface area contributed by atoms with E-state index in [9.17, 15) is 4.79 Å². The first-order valence-corrected chi connectivity index (χ1v) is 8.52. The molecule has 0 saturated carbocycles. The van der Waals surface area contributed by atoms with E-state index < -0.39 is 0 Å². The van der Waals surface area contributed by atoms with Gasteiger partial charge in [0.2, 0.25) is 5.95 Å². The van der Waals surface area contributed by atoms with Crippen molar-refractivity contribution >= 4 is 12.0 Å². The minimum absolute atomic E-state index is 0.204. The number of anilines is 1. The molecule has 1 amide bonds. The Kier molecular flexibility index (Phi) is 5.16. The maximum absolute atomic E-state index is 11.7. The van der Waals surface area contributed by atoms with Gasteiger partial charge in [-0.1, -0.05) is 0 Å². The van der Waals surface area contributed by atoms with Gasteiger partial charge in [0.25, 0.3) is 0 Å². The second-order valence-corrected chi connectivity index (χ2v) is 6.10. The zero-order valence-corrected chi connectivity index (χ0v) is 14.8. The molecule has 0 bridgehead atoms. The van der Waals surface area contributed by atoms with E-state index in [0.717, 1.165) is 35.6 Å². The smallest absolute Gasteiger partial charge is 0.409 e. The van der Waals surface area contributed by atoms with Crippen molar-refractivity contribution in [3.05, 3.63) is 23.8 Å². The normalized spacial score (nSPS) is 15.2. The largest absolute Gasteiger partial charge is 0.466 e. The molecule has 0 spiro atoms. The highest BCUT2D eigenvalue weighted by Gasteiger charge is 2.24. The van der Waals surface area contributed by atoms with Gasteiger partial charge < -0.3 is 19.4 Å². The molecule has 134 valence electrons. The fourth-order valence-electron chi connectivity index (χ4n) is 2.98. The molecular weight excluding hydrogens is 322 g/mol. The molecule has 1 N–H and O–H groups in total. The van der Waals surface area contributed by atoms with Gasteiger partial charge in [0.15, 0.2) is 0 Å². The number of furan rings is 1. The van der Waals surface area contributed by atoms with E-state index in [1.807, 2.05) is 26.8 Å². The number of carbonyl (C=O) groups excluding carboxylic acids is 1. The number of ether oxygens (including phenoxy) is 1. The molecule has 2 aromatic rings. The van der Waals surface area contributed by atoms with Crippen LogP contribution in [0.15, 0.2) is 16.7 Å². The summed E-state index contributed by atoms with van der Waals surface area (Å²) < 4.78 is 10.6. The second kappa shape index (κ2) is 7.50. The van der Waals surface area contributed by atoms with Gasteiger partial charge in [-0.25, -0.2) is 9.78 Å². The Hall–Kier alpha value is -2.64. The highest BCUT2D eigenvalue weighted by atomic mass is 16.6. The van der Waals surface area contributed by atoms with Gasteiger partial charge in [-0.2, -0.15) is 5.10 Å². The summed E-state index contributed by atoms with van der Waals surface area (Å²) in [7, 11) is 0. The SMILES string of the molecule is CCOC(=O)N1CCC(Nc2nncc(-c3cc(C)oc3C)n2)CC1. The topological polar surface area (TPSA) is 93.4 Å². The van der Waals surface area contributed by atoms with Crippen LogP contribution in [-0.4, -0.2) is 51.9 Å². The highest BCUT2D eigenvalue weighted by molar-refractivity contribution is 5.67. The first kappa shape index (κ1) is 17.2. The number of nitrogens with zero attached hydrogens (tertiary/aromatic N) is 4. The molecule has 1 saturated heterocycles. The van der Waals surface area contributed by atoms with E-state index in [0.29, 0.717) is 25.6 Å². The Morgan fingerprint density at radius 1 is 1.40 bits per heavy atom. The van der Waals surface area contributed by atoms with Crippen molar-refractivity contribution < 1.29 is 13.9 Å². The molecule has 3 rings (SSSR count). The van der Waals surface area contributed by atoms with Gasteiger partial charge in [-0.3, -0.25) is 0 Å². The van der Waals surface area contributed by atoms with Gasteiger partial charge in [-0.15, -0.1) is 5.10 Å². The van der Waals surface area contributed by atoms with Crippen LogP contribution in [0.5, 0.6) is 0 Å². The molecule has 3 heterocycles. The van der Waals surface area contributed by atoms with E-state index in [2.05, 4.69) is 20.5 Å². The van der Waals surface area contributed by atoms with Crippen LogP contribution in [0.2, 0.25) is 0 Å². The van der Waals surface area contributed by atoms with Crippen molar-refractivity contribution in [1.29, 1.82) is 0 Å². The molecule has 8 heteroatoms. The summed E-state index contributed by atoms with van der Waals surface area (Å²) in [6.07, 6.45) is 3.02. The van der Waals surface area contributed by atoms with Crippen molar-refractivity contribution in [2.45, 2.75) is 39.7 Å². The standard InChI is InChI=1S/C17H23N5O3/c1-4-24-17(23)22-7-5-13(6-8-22)19-16-20-15(10-18-21-16)14-9-11(2)25-12(14)3/h9-10,13H,4-8H2,1-3H3,(H,19,20,21). The van der Waals surface area contributed by atoms with Gasteiger partial charge in [0.1, 0.15) is 11.5 Å². The zero-order chi connectivity index (χ0) is 17.8. The van der Waals surface area contributed by atoms with Crippen LogP contribution in [0.25, 0.3) is 11.3 Å². The van der Waals surface area contributed by atoms with Crippen LogP contribution in [0.1, 0.15) is 31.3 Å². The van der Waals surface area contributed by atoms with Gasteiger partial charge in [0, 0.05) is 24.7 Å². The second-order valence-electron chi connectivity index (χ2n) is 6.10. The van der Waals surface area contributed by atoms with Crippen LogP contribution in [-0.2, 0) is 4.74 Å². The third-order valence-electron chi connectivity index (χ3n) is 4.23. The number of hydrogen-bond donors (Lipinski definition) is 1. The maximum Gasteiger partial charge on any atom is 0.409 e. The highest BCUT2D eigenvalue weighted by Crippen LogP contribution is 2.25. The summed E-state index contributed by atoms with van der Waals surface area (Å²) in [5.41, 5.74) is 1.66. The first-order valence-electron chi connectivity index (χ1n) is 8.52. The maximum atomic E-state index is 11.7. The van der Waals surface area contributed by atoms with E-state index >= 15 is 0 Å². The molecule has 0 radical (unpaired) electrons. The lowest BCUT2D eigenvalue weighted by molar-refractivity contribution is 0.0983. The number of aryl methyl sites for hydroxylation is 2. The van der Waals surface area contributed by atoms with E-state index in [-0.39, 0.29) is 12.1 Å². The molecule has 0 aliphatic carbocycles. The van der Waals surface area contributed by atoms with Crippen molar-refractivity contribution in [2.75, 3.05) is 25.0 Å². The van der Waals surface area contributed by atoms with Crippen LogP contribution in [0.4, 0.5) is 10.7 Å². The minimum Gasteiger partial charge on any atom is -0.466 e. The molecule has 1 aliphatic rings. The Labute approximate surface area is 146 Å². The Balaban J connectivity index is 1.62. The monoisotopic (exact) mass is 345 g/mol. The molecule has 2 aromatic heterocycles. The van der Waals surface area contributed by atoms with Crippen molar-refractivity contribution in [2.24, 2.45) is 0 Å². The van der Waals surface area contributed by atoms with Crippen molar-refractivity contribution in [3.63, 3.8) is 0 Å². The summed E-state index contributed by atoms with van der Waals surface area (Å²) in [4.78, 5) is 18.0. The Morgan fingerprint density at radius 3 is 2.80 bits per heavy atom. The lowest BCUT2D eigenvalue weighted by Gasteiger charge is -2.31. The quantitative estimate of drug-likeness (QED) is 0.910. The number of hydrogen-bond acceptors (Lipinski definition) is 7. The molecule has 1 fully saturated rings. The fourth-order valence-corrected chi connectivity index (χ4v) is 2.98. The third kappa shape index (κ3) is 4.07. The molecule has 0 atom stereocenters. The number of carbonyl (C=O) groups is 1.